The zero-order valence-corrected chi connectivity index (χ0v) is 12.4. The number of carbonyl (C=O) groups is 1. The van der Waals surface area contributed by atoms with E-state index in [1.807, 2.05) is 55.9 Å². The van der Waals surface area contributed by atoms with Crippen LogP contribution in [-0.2, 0) is 13.6 Å². The van der Waals surface area contributed by atoms with Crippen molar-refractivity contribution in [1.29, 1.82) is 0 Å². The number of aromatic amines is 1. The molecule has 0 spiro atoms. The van der Waals surface area contributed by atoms with E-state index in [4.69, 9.17) is 0 Å². The van der Waals surface area contributed by atoms with Gasteiger partial charge in [-0.2, -0.15) is 0 Å². The smallest absolute Gasteiger partial charge is 0.252 e. The molecule has 5 heteroatoms. The minimum absolute atomic E-state index is 0.0770. The van der Waals surface area contributed by atoms with E-state index in [2.05, 4.69) is 15.3 Å². The third-order valence-electron chi connectivity index (χ3n) is 3.69. The molecule has 1 amide bonds. The fraction of sp³-hybridized carbons (Fsp3) is 0.250. The molecule has 0 aliphatic carbocycles. The van der Waals surface area contributed by atoms with Crippen LogP contribution in [0, 0.1) is 13.8 Å². The van der Waals surface area contributed by atoms with Gasteiger partial charge in [0, 0.05) is 35.4 Å². The van der Waals surface area contributed by atoms with Crippen molar-refractivity contribution in [2.45, 2.75) is 20.4 Å². The van der Waals surface area contributed by atoms with Crippen LogP contribution in [0.4, 0.5) is 0 Å². The maximum Gasteiger partial charge on any atom is 0.252 e. The number of nitrogens with one attached hydrogen (secondary N) is 2. The average Bonchev–Trinajstić information content (AvgIpc) is 2.99. The zero-order valence-electron chi connectivity index (χ0n) is 12.4. The number of amides is 1. The highest BCUT2D eigenvalue weighted by molar-refractivity contribution is 6.06. The number of rotatable bonds is 3. The summed E-state index contributed by atoms with van der Waals surface area (Å²) >= 11 is 0. The van der Waals surface area contributed by atoms with Crippen molar-refractivity contribution in [3.63, 3.8) is 0 Å². The fourth-order valence-corrected chi connectivity index (χ4v) is 2.59. The van der Waals surface area contributed by atoms with E-state index in [-0.39, 0.29) is 5.91 Å². The number of aryl methyl sites for hydroxylation is 3. The Morgan fingerprint density at radius 3 is 2.86 bits per heavy atom. The average molecular weight is 282 g/mol. The third-order valence-corrected chi connectivity index (χ3v) is 3.69. The quantitative estimate of drug-likeness (QED) is 0.775. The van der Waals surface area contributed by atoms with E-state index in [0.29, 0.717) is 12.1 Å². The molecule has 0 aliphatic rings. The van der Waals surface area contributed by atoms with Crippen LogP contribution < -0.4 is 5.32 Å². The third kappa shape index (κ3) is 2.42. The molecular weight excluding hydrogens is 264 g/mol. The minimum Gasteiger partial charge on any atom is -0.351 e. The van der Waals surface area contributed by atoms with Gasteiger partial charge in [0.2, 0.25) is 0 Å². The fourth-order valence-electron chi connectivity index (χ4n) is 2.59. The van der Waals surface area contributed by atoms with Crippen molar-refractivity contribution in [1.82, 2.24) is 19.9 Å². The summed E-state index contributed by atoms with van der Waals surface area (Å²) in [7, 11) is 1.97. The van der Waals surface area contributed by atoms with Gasteiger partial charge >= 0.3 is 0 Å². The Hall–Kier alpha value is -2.56. The van der Waals surface area contributed by atoms with Gasteiger partial charge < -0.3 is 14.9 Å². The standard InChI is InChI=1S/C16H18N4O/c1-10-14(19-11(2)18-10)9-17-16(21)13-5-4-6-15-12(13)7-8-20(15)3/h4-8H,9H2,1-3H3,(H,17,21)(H,18,19). The van der Waals surface area contributed by atoms with Crippen LogP contribution in [0.2, 0.25) is 0 Å². The maximum atomic E-state index is 12.4. The number of aromatic nitrogens is 3. The summed E-state index contributed by atoms with van der Waals surface area (Å²) in [4.78, 5) is 19.9. The molecule has 21 heavy (non-hydrogen) atoms. The zero-order chi connectivity index (χ0) is 15.0. The van der Waals surface area contributed by atoms with Gasteiger partial charge in [-0.3, -0.25) is 4.79 Å². The van der Waals surface area contributed by atoms with Crippen LogP contribution >= 0.6 is 0 Å². The molecular formula is C16H18N4O. The van der Waals surface area contributed by atoms with Crippen LogP contribution in [0.1, 0.15) is 27.6 Å². The van der Waals surface area contributed by atoms with Crippen molar-refractivity contribution >= 4 is 16.8 Å². The molecule has 108 valence electrons. The predicted octanol–water partition coefficient (Wildman–Crippen LogP) is 2.45. The Morgan fingerprint density at radius 2 is 2.14 bits per heavy atom. The number of H-pyrrole nitrogens is 1. The molecule has 0 fully saturated rings. The van der Waals surface area contributed by atoms with Gasteiger partial charge in [-0.15, -0.1) is 0 Å². The van der Waals surface area contributed by atoms with E-state index in [1.165, 1.54) is 0 Å². The lowest BCUT2D eigenvalue weighted by Crippen LogP contribution is -2.23. The van der Waals surface area contributed by atoms with Gasteiger partial charge in [0.15, 0.2) is 0 Å². The molecule has 0 unspecified atom stereocenters. The van der Waals surface area contributed by atoms with Crippen LogP contribution in [0.5, 0.6) is 0 Å². The lowest BCUT2D eigenvalue weighted by Gasteiger charge is -2.06. The second-order valence-electron chi connectivity index (χ2n) is 5.24. The Morgan fingerprint density at radius 1 is 1.33 bits per heavy atom. The van der Waals surface area contributed by atoms with Crippen LogP contribution in [0.25, 0.3) is 10.9 Å². The molecule has 2 aromatic heterocycles. The van der Waals surface area contributed by atoms with Crippen LogP contribution in [0.15, 0.2) is 30.5 Å². The Bertz CT molecular complexity index is 813. The monoisotopic (exact) mass is 282 g/mol. The second-order valence-corrected chi connectivity index (χ2v) is 5.24. The molecule has 0 bridgehead atoms. The van der Waals surface area contributed by atoms with E-state index >= 15 is 0 Å². The van der Waals surface area contributed by atoms with Gasteiger partial charge in [-0.1, -0.05) is 6.07 Å². The molecule has 2 N–H and O–H groups in total. The van der Waals surface area contributed by atoms with Crippen molar-refractivity contribution in [3.05, 3.63) is 53.2 Å². The number of carbonyl (C=O) groups excluding carboxylic acids is 1. The topological polar surface area (TPSA) is 62.7 Å². The van der Waals surface area contributed by atoms with Gasteiger partial charge in [-0.25, -0.2) is 4.98 Å². The first-order valence-corrected chi connectivity index (χ1v) is 6.90. The molecule has 0 radical (unpaired) electrons. The van der Waals surface area contributed by atoms with Crippen molar-refractivity contribution in [3.8, 4) is 0 Å². The molecule has 1 aromatic carbocycles. The highest BCUT2D eigenvalue weighted by Crippen LogP contribution is 2.19. The molecule has 0 aliphatic heterocycles. The van der Waals surface area contributed by atoms with Crippen molar-refractivity contribution in [2.24, 2.45) is 7.05 Å². The summed E-state index contributed by atoms with van der Waals surface area (Å²) in [5, 5.41) is 3.91. The number of fused-ring (bicyclic) bond motifs is 1. The Kier molecular flexibility index (Phi) is 3.25. The molecule has 2 heterocycles. The molecule has 5 nitrogen and oxygen atoms in total. The highest BCUT2D eigenvalue weighted by atomic mass is 16.1. The van der Waals surface area contributed by atoms with Crippen LogP contribution in [-0.4, -0.2) is 20.4 Å². The molecule has 0 saturated heterocycles. The van der Waals surface area contributed by atoms with E-state index in [0.717, 1.165) is 28.1 Å². The van der Waals surface area contributed by atoms with Gasteiger partial charge in [0.25, 0.3) is 5.91 Å². The van der Waals surface area contributed by atoms with E-state index in [1.54, 1.807) is 0 Å². The molecule has 0 atom stereocenters. The lowest BCUT2D eigenvalue weighted by molar-refractivity contribution is 0.0952. The van der Waals surface area contributed by atoms with Gasteiger partial charge in [0.1, 0.15) is 5.82 Å². The summed E-state index contributed by atoms with van der Waals surface area (Å²) in [5.41, 5.74) is 3.61. The largest absolute Gasteiger partial charge is 0.351 e. The minimum atomic E-state index is -0.0770. The molecule has 3 aromatic rings. The summed E-state index contributed by atoms with van der Waals surface area (Å²) in [6, 6.07) is 7.73. The summed E-state index contributed by atoms with van der Waals surface area (Å²) < 4.78 is 2.01. The maximum absolute atomic E-state index is 12.4. The number of hydrogen-bond acceptors (Lipinski definition) is 2. The number of hydrogen-bond donors (Lipinski definition) is 2. The highest BCUT2D eigenvalue weighted by Gasteiger charge is 2.12. The van der Waals surface area contributed by atoms with E-state index < -0.39 is 0 Å². The first-order valence-electron chi connectivity index (χ1n) is 6.90. The van der Waals surface area contributed by atoms with Crippen LogP contribution in [0.3, 0.4) is 0 Å². The summed E-state index contributed by atoms with van der Waals surface area (Å²) in [5.74, 6) is 0.786. The summed E-state index contributed by atoms with van der Waals surface area (Å²) in [6.45, 7) is 4.29. The van der Waals surface area contributed by atoms with E-state index in [9.17, 15) is 4.79 Å². The first kappa shape index (κ1) is 13.4. The van der Waals surface area contributed by atoms with Gasteiger partial charge in [0.05, 0.1) is 12.2 Å². The number of benzene rings is 1. The normalized spacial score (nSPS) is 11.0. The van der Waals surface area contributed by atoms with Gasteiger partial charge in [-0.05, 0) is 32.0 Å². The number of imidazole rings is 1. The number of nitrogens with zero attached hydrogens (tertiary/aromatic N) is 2. The molecule has 3 rings (SSSR count). The Balaban J connectivity index is 1.83. The first-order chi connectivity index (χ1) is 10.1. The SMILES string of the molecule is Cc1nc(CNC(=O)c2cccc3c2ccn3C)c(C)[nH]1. The summed E-state index contributed by atoms with van der Waals surface area (Å²) in [6.07, 6.45) is 1.96. The predicted molar refractivity (Wildman–Crippen MR) is 82.2 cm³/mol. The van der Waals surface area contributed by atoms with Crippen molar-refractivity contribution < 1.29 is 4.79 Å². The Labute approximate surface area is 123 Å². The second kappa shape index (κ2) is 5.09. The molecule has 0 saturated carbocycles. The van der Waals surface area contributed by atoms with Crippen molar-refractivity contribution in [2.75, 3.05) is 0 Å². The lowest BCUT2D eigenvalue weighted by atomic mass is 10.1.